The number of carboxylic acid groups (broad SMARTS) is 1. The molecule has 0 spiro atoms. The van der Waals surface area contributed by atoms with Crippen molar-refractivity contribution in [1.82, 2.24) is 50.2 Å². The summed E-state index contributed by atoms with van der Waals surface area (Å²) in [7, 11) is 1.31. The molecule has 0 saturated carbocycles. The molecular formula is C74H66BrClF2N14O11S2. The first-order valence-electron chi connectivity index (χ1n) is 33.3. The second kappa shape index (κ2) is 30.8. The summed E-state index contributed by atoms with van der Waals surface area (Å²) in [4.78, 5) is 104. The van der Waals surface area contributed by atoms with Crippen LogP contribution in [0.5, 0.6) is 17.2 Å². The monoisotopic (exact) mass is 1540 g/mol. The van der Waals surface area contributed by atoms with E-state index in [0.29, 0.717) is 148 Å². The Labute approximate surface area is 621 Å². The van der Waals surface area contributed by atoms with Crippen LogP contribution < -0.4 is 29.9 Å². The molecule has 25 nitrogen and oxygen atoms in total. The molecule has 6 aromatic carbocycles. The molecule has 15 rings (SSSR count). The molecule has 0 unspecified atom stereocenters. The molecule has 3 aromatic heterocycles. The van der Waals surface area contributed by atoms with Crippen molar-refractivity contribution in [3.05, 3.63) is 239 Å². The number of methoxy groups -OCH3 is 1. The lowest BCUT2D eigenvalue weighted by Gasteiger charge is -2.38. The number of carbonyl (C=O) groups excluding carboxylic acids is 4. The topological polar surface area (TPSA) is 285 Å². The van der Waals surface area contributed by atoms with Crippen molar-refractivity contribution in [1.29, 1.82) is 0 Å². The van der Waals surface area contributed by atoms with Gasteiger partial charge in [0.2, 0.25) is 0 Å². The van der Waals surface area contributed by atoms with E-state index in [9.17, 15) is 37.9 Å². The number of urea groups is 2. The van der Waals surface area contributed by atoms with Crippen molar-refractivity contribution in [3.63, 3.8) is 0 Å². The number of H-pyrrole nitrogens is 1. The van der Waals surface area contributed by atoms with E-state index in [2.05, 4.69) is 62.9 Å². The van der Waals surface area contributed by atoms with E-state index in [0.717, 1.165) is 22.4 Å². The number of piperazine rings is 2. The maximum Gasteiger partial charge on any atom is 0.338 e. The Bertz CT molecular complexity index is 4970. The number of esters is 2. The molecule has 4 atom stereocenters. The molecule has 9 heterocycles. The summed E-state index contributed by atoms with van der Waals surface area (Å²) in [6, 6.07) is 32.3. The number of aromatic amines is 1. The number of nitrogens with zero attached hydrogens (tertiary/aromatic N) is 11. The number of halogens is 4. The van der Waals surface area contributed by atoms with E-state index >= 15 is 0 Å². The number of aliphatic hydroxyl groups excluding tert-OH is 1. The maximum absolute atomic E-state index is 14.1. The zero-order chi connectivity index (χ0) is 73.2. The van der Waals surface area contributed by atoms with E-state index in [4.69, 9.17) is 45.6 Å². The summed E-state index contributed by atoms with van der Waals surface area (Å²) < 4.78 is 51.2. The third-order valence-corrected chi connectivity index (χ3v) is 21.0. The van der Waals surface area contributed by atoms with E-state index < -0.39 is 41.6 Å². The Morgan fingerprint density at radius 1 is 0.657 bits per heavy atom. The number of fused-ring (bicyclic) bond motifs is 3. The zero-order valence-electron chi connectivity index (χ0n) is 56.3. The average Bonchev–Trinajstić information content (AvgIpc) is 1.38. The molecule has 538 valence electrons. The first-order valence-corrected chi connectivity index (χ1v) is 36.2. The molecule has 31 heteroatoms. The number of thiazole rings is 2. The summed E-state index contributed by atoms with van der Waals surface area (Å²) in [6.45, 7) is 10.5. The van der Waals surface area contributed by atoms with Gasteiger partial charge in [-0.15, -0.1) is 22.7 Å². The van der Waals surface area contributed by atoms with Gasteiger partial charge < -0.3 is 54.6 Å². The van der Waals surface area contributed by atoms with Gasteiger partial charge in [0.05, 0.1) is 53.5 Å². The number of ether oxygens (including phenoxy) is 4. The highest BCUT2D eigenvalue weighted by atomic mass is 79.9. The van der Waals surface area contributed by atoms with Crippen molar-refractivity contribution in [2.24, 2.45) is 9.98 Å². The van der Waals surface area contributed by atoms with Crippen LogP contribution in [0.15, 0.2) is 194 Å². The average molecular weight is 1540 g/mol. The van der Waals surface area contributed by atoms with Crippen molar-refractivity contribution in [2.75, 3.05) is 89.0 Å². The molecule has 0 aliphatic carbocycles. The minimum absolute atomic E-state index is 0.0103. The second-order valence-corrected chi connectivity index (χ2v) is 28.1. The number of aromatic nitrogens is 4. The number of amides is 4. The predicted molar refractivity (Wildman–Crippen MR) is 395 cm³/mol. The Hall–Kier alpha value is -10.9. The van der Waals surface area contributed by atoms with Gasteiger partial charge in [0.1, 0.15) is 59.2 Å². The third kappa shape index (κ3) is 15.4. The molecule has 105 heavy (non-hydrogen) atoms. The number of aliphatic imine (C=N–C) groups is 2. The zero-order valence-corrected chi connectivity index (χ0v) is 60.2. The highest BCUT2D eigenvalue weighted by Gasteiger charge is 2.45. The lowest BCUT2D eigenvalue weighted by Crippen LogP contribution is -2.53. The Balaban J connectivity index is 0.000000177. The van der Waals surface area contributed by atoms with Crippen LogP contribution in [0.2, 0.25) is 5.02 Å². The normalized spacial score (nSPS) is 18.9. The number of rotatable bonds is 20. The Kier molecular flexibility index (Phi) is 20.9. The summed E-state index contributed by atoms with van der Waals surface area (Å²) in [6.07, 6.45) is 3.35. The molecule has 5 N–H and O–H groups in total. The largest absolute Gasteiger partial charge is 0.508 e. The van der Waals surface area contributed by atoms with Gasteiger partial charge in [-0.25, -0.2) is 47.7 Å². The van der Waals surface area contributed by atoms with Crippen LogP contribution in [0.4, 0.5) is 29.7 Å². The minimum atomic E-state index is -1.01. The van der Waals surface area contributed by atoms with Crippen LogP contribution in [0.25, 0.3) is 16.8 Å². The number of carbonyl (C=O) groups is 5. The van der Waals surface area contributed by atoms with Gasteiger partial charge in [-0.1, -0.05) is 46.2 Å². The molecule has 4 fully saturated rings. The van der Waals surface area contributed by atoms with E-state index in [1.807, 2.05) is 50.9 Å². The van der Waals surface area contributed by atoms with Gasteiger partial charge in [0, 0.05) is 132 Å². The fourth-order valence-corrected chi connectivity index (χ4v) is 15.4. The summed E-state index contributed by atoms with van der Waals surface area (Å²) in [5.41, 5.74) is 6.63. The number of hydrogen-bond acceptors (Lipinski definition) is 21. The first kappa shape index (κ1) is 71.1. The van der Waals surface area contributed by atoms with Gasteiger partial charge in [0.15, 0.2) is 21.7 Å². The Morgan fingerprint density at radius 3 is 1.73 bits per heavy atom. The summed E-state index contributed by atoms with van der Waals surface area (Å²) >= 11 is 12.8. The molecule has 6 aliphatic heterocycles. The lowest BCUT2D eigenvalue weighted by atomic mass is 9.95. The third-order valence-electron chi connectivity index (χ3n) is 18.4. The van der Waals surface area contributed by atoms with Crippen LogP contribution >= 0.6 is 50.2 Å². The number of carboxylic acids is 1. The quantitative estimate of drug-likeness (QED) is 0.0350. The Morgan fingerprint density at radius 2 is 1.19 bits per heavy atom. The van der Waals surface area contributed by atoms with Crippen molar-refractivity contribution >= 4 is 120 Å². The van der Waals surface area contributed by atoms with Gasteiger partial charge >= 0.3 is 30.0 Å². The summed E-state index contributed by atoms with van der Waals surface area (Å²) in [5, 5.41) is 30.5. The number of amidine groups is 2. The molecule has 9 aromatic rings. The van der Waals surface area contributed by atoms with E-state index in [1.165, 1.54) is 72.2 Å². The number of aliphatic hydroxyl groups is 1. The highest BCUT2D eigenvalue weighted by Crippen LogP contribution is 2.41. The van der Waals surface area contributed by atoms with Crippen molar-refractivity contribution in [2.45, 2.75) is 37.7 Å². The fraction of sp³-hybridized carbons (Fsp3) is 0.243. The fourth-order valence-electron chi connectivity index (χ4n) is 13.4. The highest BCUT2D eigenvalue weighted by molar-refractivity contribution is 9.10. The predicted octanol–water partition coefficient (Wildman–Crippen LogP) is 12.1. The van der Waals surface area contributed by atoms with Crippen LogP contribution in [0.3, 0.4) is 0 Å². The van der Waals surface area contributed by atoms with Gasteiger partial charge in [-0.05, 0) is 128 Å². The van der Waals surface area contributed by atoms with Gasteiger partial charge in [-0.3, -0.25) is 29.6 Å². The summed E-state index contributed by atoms with van der Waals surface area (Å²) in [5.74, 6) is 0.215. The molecule has 4 saturated heterocycles. The molecular weight excluding hydrogens is 1480 g/mol. The molecule has 0 radical (unpaired) electrons. The SMILES string of the molecule is C=C(O)c1ccc(OCc2nc3ccc(N4C[C@@H]5CN(CC6=C(C(=O)OC)[C@H](c7ccc(F)cc7Cl)N=C(c7nccs7)N6)CCN5C4=O)cc3[nH]2)cc1.CCOC(=O)C1=C(CN2CCN3C(=O)N(c4ccc(Oc5ccc(C(=O)O)cc5)cc4)C[C@@H]3C2)NC(c2nccs2)=N[C@H]1c1ccc(F)cc1Br. The number of nitrogens with one attached hydrogen (secondary N) is 3. The van der Waals surface area contributed by atoms with Crippen LogP contribution in [0, 0.1) is 11.6 Å². The lowest BCUT2D eigenvalue weighted by molar-refractivity contribution is -0.139. The second-order valence-electron chi connectivity index (χ2n) is 25.0. The van der Waals surface area contributed by atoms with Crippen LogP contribution in [-0.4, -0.2) is 183 Å². The van der Waals surface area contributed by atoms with Crippen LogP contribution in [-0.2, 0) is 25.7 Å². The number of imidazole rings is 1. The molecule has 4 amide bonds. The maximum atomic E-state index is 14.1. The van der Waals surface area contributed by atoms with Crippen molar-refractivity contribution < 1.29 is 61.9 Å². The number of benzene rings is 6. The van der Waals surface area contributed by atoms with Crippen molar-refractivity contribution in [3.8, 4) is 17.2 Å². The minimum Gasteiger partial charge on any atom is -0.508 e. The van der Waals surface area contributed by atoms with Gasteiger partial charge in [0.25, 0.3) is 0 Å². The van der Waals surface area contributed by atoms with E-state index in [1.54, 1.807) is 83.7 Å². The number of aromatic carboxylic acids is 1. The number of anilines is 2. The van der Waals surface area contributed by atoms with E-state index in [-0.39, 0.29) is 59.3 Å². The number of hydrogen-bond donors (Lipinski definition) is 5. The molecule has 6 aliphatic rings. The smallest absolute Gasteiger partial charge is 0.338 e. The van der Waals surface area contributed by atoms with Crippen LogP contribution in [0.1, 0.15) is 61.9 Å². The first-order chi connectivity index (χ1) is 50.8. The molecule has 0 bridgehead atoms. The standard InChI is InChI=1S/C38H34ClFN8O5S.C36H32BrFN6O6S/c1-21(49)22-3-7-26(8-4-22)53-20-32-42-29-10-6-24(16-30(29)43-32)48-18-25-17-46(12-13-47(25)38(48)51)19-31-33(37(50)52-2)34(27-9-5-23(40)15-28(27)39)45-35(44-31)36-41-11-14-54-36;1-2-49-35(47)30-29(40-32(33-39-13-16-51-33)41-31(30)27-12-5-22(38)17-28(27)37)20-42-14-15-43-24(18-42)19-44(36(43)48)23-6-10-26(11-7-23)50-25-8-3-21(4-9-25)34(45)46/h3-11,14-16,25,34,49H,1,12-13,17-20H2,2H3,(H,42,43)(H,44,45);3-13,16-17,24,31H,2,14-15,18-20H2,1H3,(H,40,41)(H,45,46)/t25-,34-;24-,31-/m00/s1. The van der Waals surface area contributed by atoms with Gasteiger partial charge in [-0.2, -0.15) is 0 Å².